The van der Waals surface area contributed by atoms with Crippen LogP contribution in [0.15, 0.2) is 65.3 Å². The lowest BCUT2D eigenvalue weighted by Crippen LogP contribution is -2.52. The third-order valence-electron chi connectivity index (χ3n) is 11.7. The predicted octanol–water partition coefficient (Wildman–Crippen LogP) is 5.92. The maximum absolute atomic E-state index is 13.4. The van der Waals surface area contributed by atoms with Crippen LogP contribution in [-0.4, -0.2) is 102 Å². The monoisotopic (exact) mass is 849 g/mol. The van der Waals surface area contributed by atoms with Gasteiger partial charge in [-0.1, -0.05) is 24.3 Å². The van der Waals surface area contributed by atoms with Gasteiger partial charge in [0.2, 0.25) is 23.7 Å². The number of nitrogens with one attached hydrogen (secondary N) is 4. The number of rotatable bonds is 11. The van der Waals surface area contributed by atoms with Gasteiger partial charge >= 0.3 is 0 Å². The van der Waals surface area contributed by atoms with Crippen LogP contribution in [0.4, 0.5) is 34.5 Å². The Kier molecular flexibility index (Phi) is 11.6. The molecule has 4 aromatic rings. The third kappa shape index (κ3) is 8.65. The number of piperazine rings is 1. The fraction of sp³-hybridized carbons (Fsp3) is 0.395. The number of halogens is 1. The summed E-state index contributed by atoms with van der Waals surface area (Å²) in [6.07, 6.45) is 5.75. The number of benzene rings is 3. The van der Waals surface area contributed by atoms with E-state index in [1.165, 1.54) is 5.56 Å². The average Bonchev–Trinajstić information content (AvgIpc) is 3.62. The Bertz CT molecular complexity index is 2220. The van der Waals surface area contributed by atoms with Crippen molar-refractivity contribution in [2.45, 2.75) is 57.4 Å². The van der Waals surface area contributed by atoms with E-state index >= 15 is 0 Å². The summed E-state index contributed by atoms with van der Waals surface area (Å²) in [5.74, 6) is 1.80. The number of Topliss-reactive ketones (excluding diaryl/α,β-unsaturated/α-hetero) is 1. The van der Waals surface area contributed by atoms with Crippen LogP contribution in [0.3, 0.4) is 0 Å². The zero-order valence-corrected chi connectivity index (χ0v) is 34.4. The number of hydrogen-bond donors (Lipinski definition) is 4. The summed E-state index contributed by atoms with van der Waals surface area (Å²) in [7, 11) is 1.64. The normalized spacial score (nSPS) is 18.8. The highest BCUT2D eigenvalue weighted by molar-refractivity contribution is 9.10. The van der Waals surface area contributed by atoms with Gasteiger partial charge in [-0.05, 0) is 109 Å². The SMILES string of the molecule is COc1cc(N2CCN(C(=O)CN3CCC(c4ccc(NC5CCC(=O)NC5=O)cc4)CC3)CC2)c(C)cc1Nc1ncc(Br)c(Nc2cccc3c2C(=O)CC3)n1. The van der Waals surface area contributed by atoms with Crippen LogP contribution in [0.25, 0.3) is 0 Å². The van der Waals surface area contributed by atoms with Crippen molar-refractivity contribution in [2.24, 2.45) is 0 Å². The molecule has 58 heavy (non-hydrogen) atoms. The van der Waals surface area contributed by atoms with Crippen molar-refractivity contribution in [3.8, 4) is 5.75 Å². The van der Waals surface area contributed by atoms with Crippen molar-refractivity contribution >= 4 is 74.0 Å². The zero-order valence-electron chi connectivity index (χ0n) is 32.8. The second-order valence-corrected chi connectivity index (χ2v) is 16.3. The molecule has 3 aromatic carbocycles. The molecule has 1 aliphatic carbocycles. The quantitative estimate of drug-likeness (QED) is 0.132. The summed E-state index contributed by atoms with van der Waals surface area (Å²) in [6.45, 7) is 6.96. The Morgan fingerprint density at radius 1 is 0.914 bits per heavy atom. The van der Waals surface area contributed by atoms with Crippen LogP contribution >= 0.6 is 15.9 Å². The summed E-state index contributed by atoms with van der Waals surface area (Å²) >= 11 is 3.55. The number of fused-ring (bicyclic) bond motifs is 1. The number of piperidine rings is 2. The molecular formula is C43H48BrN9O5. The van der Waals surface area contributed by atoms with Crippen LogP contribution in [0, 0.1) is 6.92 Å². The Hall–Kier alpha value is -5.54. The molecule has 4 heterocycles. The molecule has 1 unspecified atom stereocenters. The lowest BCUT2D eigenvalue weighted by atomic mass is 9.89. The molecule has 8 rings (SSSR count). The molecule has 3 saturated heterocycles. The maximum atomic E-state index is 13.4. The number of anilines is 6. The number of amides is 3. The fourth-order valence-corrected chi connectivity index (χ4v) is 8.75. The number of carbonyl (C=O) groups excluding carboxylic acids is 4. The first kappa shape index (κ1) is 39.3. The van der Waals surface area contributed by atoms with Gasteiger partial charge in [0.15, 0.2) is 5.78 Å². The highest BCUT2D eigenvalue weighted by atomic mass is 79.9. The average molecular weight is 851 g/mol. The van der Waals surface area contributed by atoms with E-state index in [1.54, 1.807) is 13.3 Å². The van der Waals surface area contributed by atoms with Crippen molar-refractivity contribution in [3.63, 3.8) is 0 Å². The van der Waals surface area contributed by atoms with E-state index in [0.717, 1.165) is 84.9 Å². The molecule has 0 spiro atoms. The van der Waals surface area contributed by atoms with E-state index in [4.69, 9.17) is 9.72 Å². The number of methoxy groups -OCH3 is 1. The molecule has 1 atom stereocenters. The van der Waals surface area contributed by atoms with Gasteiger partial charge in [0.05, 0.1) is 29.5 Å². The number of imide groups is 1. The zero-order chi connectivity index (χ0) is 40.3. The number of ether oxygens (including phenoxy) is 1. The minimum atomic E-state index is -0.398. The van der Waals surface area contributed by atoms with Crippen molar-refractivity contribution < 1.29 is 23.9 Å². The Morgan fingerprint density at radius 2 is 1.69 bits per heavy atom. The Morgan fingerprint density at radius 3 is 2.43 bits per heavy atom. The van der Waals surface area contributed by atoms with Crippen molar-refractivity contribution in [2.75, 3.05) is 73.8 Å². The summed E-state index contributed by atoms with van der Waals surface area (Å²) in [4.78, 5) is 65.4. The molecule has 14 nitrogen and oxygen atoms in total. The molecular weight excluding hydrogens is 802 g/mol. The molecule has 15 heteroatoms. The number of carbonyl (C=O) groups is 4. The number of aromatic nitrogens is 2. The van der Waals surface area contributed by atoms with E-state index in [1.807, 2.05) is 47.4 Å². The first-order chi connectivity index (χ1) is 28.1. The van der Waals surface area contributed by atoms with Crippen molar-refractivity contribution in [1.82, 2.24) is 25.1 Å². The van der Waals surface area contributed by atoms with Gasteiger partial charge in [-0.3, -0.25) is 29.4 Å². The molecule has 0 saturated carbocycles. The summed E-state index contributed by atoms with van der Waals surface area (Å²) in [5, 5.41) is 12.3. The molecule has 3 aliphatic heterocycles. The van der Waals surface area contributed by atoms with Crippen LogP contribution in [-0.2, 0) is 20.8 Å². The largest absolute Gasteiger partial charge is 0.494 e. The fourth-order valence-electron chi connectivity index (χ4n) is 8.46. The van der Waals surface area contributed by atoms with Crippen molar-refractivity contribution in [3.05, 3.63) is 87.5 Å². The number of aryl methyl sites for hydroxylation is 2. The van der Waals surface area contributed by atoms with Crippen LogP contribution in [0.5, 0.6) is 5.75 Å². The van der Waals surface area contributed by atoms with Crippen LogP contribution in [0.2, 0.25) is 0 Å². The molecule has 1 aromatic heterocycles. The van der Waals surface area contributed by atoms with Gasteiger partial charge < -0.3 is 30.5 Å². The third-order valence-corrected chi connectivity index (χ3v) is 12.3. The Balaban J connectivity index is 0.822. The lowest BCUT2D eigenvalue weighted by molar-refractivity contribution is -0.134. The van der Waals surface area contributed by atoms with Gasteiger partial charge in [0.25, 0.3) is 0 Å². The van der Waals surface area contributed by atoms with Crippen molar-refractivity contribution in [1.29, 1.82) is 0 Å². The van der Waals surface area contributed by atoms with Crippen LogP contribution < -0.4 is 30.9 Å². The first-order valence-corrected chi connectivity index (χ1v) is 20.8. The highest BCUT2D eigenvalue weighted by Crippen LogP contribution is 2.37. The Labute approximate surface area is 346 Å². The molecule has 0 bridgehead atoms. The van der Waals surface area contributed by atoms with Gasteiger partial charge in [0.1, 0.15) is 17.6 Å². The topological polar surface area (TPSA) is 161 Å². The van der Waals surface area contributed by atoms with E-state index in [9.17, 15) is 19.2 Å². The van der Waals surface area contributed by atoms with E-state index in [0.29, 0.717) is 66.8 Å². The minimum absolute atomic E-state index is 0.131. The number of ketones is 1. The van der Waals surface area contributed by atoms with Gasteiger partial charge in [-0.2, -0.15) is 4.98 Å². The number of hydrogen-bond acceptors (Lipinski definition) is 12. The lowest BCUT2D eigenvalue weighted by Gasteiger charge is -2.38. The van der Waals surface area contributed by atoms with Gasteiger partial charge in [0, 0.05) is 68.2 Å². The molecule has 4 aliphatic rings. The minimum Gasteiger partial charge on any atom is -0.494 e. The summed E-state index contributed by atoms with van der Waals surface area (Å²) < 4.78 is 6.50. The standard InChI is InChI=1S/C43H48BrN9O5/c1-26-22-34(48-43-45-24-31(44)41(50-43)47-32-5-3-4-29-8-12-36(54)40(29)32)37(58-2)23-35(26)52-18-20-53(21-19-52)39(56)25-51-16-14-28(15-17-51)27-6-9-30(10-7-27)46-33-11-13-38(55)49-42(33)57/h3-7,9-10,22-24,28,33,46H,8,11-21,25H2,1-2H3,(H,49,55,57)(H2,45,47,48,50). The summed E-state index contributed by atoms with van der Waals surface area (Å²) in [6, 6.07) is 17.7. The second kappa shape index (κ2) is 17.1. The van der Waals surface area contributed by atoms with E-state index in [2.05, 4.69) is 71.0 Å². The smallest absolute Gasteiger partial charge is 0.249 e. The predicted molar refractivity (Wildman–Crippen MR) is 227 cm³/mol. The molecule has 3 amide bonds. The number of likely N-dealkylation sites (tertiary alicyclic amines) is 1. The molecule has 0 radical (unpaired) electrons. The maximum Gasteiger partial charge on any atom is 0.249 e. The van der Waals surface area contributed by atoms with Crippen LogP contribution in [0.1, 0.15) is 65.1 Å². The molecule has 3 fully saturated rings. The van der Waals surface area contributed by atoms with E-state index in [-0.39, 0.29) is 23.5 Å². The van der Waals surface area contributed by atoms with E-state index < -0.39 is 6.04 Å². The molecule has 4 N–H and O–H groups in total. The van der Waals surface area contributed by atoms with Gasteiger partial charge in [-0.15, -0.1) is 0 Å². The summed E-state index contributed by atoms with van der Waals surface area (Å²) in [5.41, 5.74) is 7.47. The highest BCUT2D eigenvalue weighted by Gasteiger charge is 2.29. The first-order valence-electron chi connectivity index (χ1n) is 20.0. The molecule has 302 valence electrons. The second-order valence-electron chi connectivity index (χ2n) is 15.4. The van der Waals surface area contributed by atoms with Gasteiger partial charge in [-0.25, -0.2) is 4.98 Å². The number of nitrogens with zero attached hydrogens (tertiary/aromatic N) is 5.